The van der Waals surface area contributed by atoms with Crippen molar-refractivity contribution in [2.45, 2.75) is 25.4 Å². The fourth-order valence-electron chi connectivity index (χ4n) is 1.92. The zero-order valence-electron chi connectivity index (χ0n) is 8.71. The molecule has 2 aliphatic heterocycles. The van der Waals surface area contributed by atoms with Gasteiger partial charge in [-0.05, 0) is 19.3 Å². The molecular formula is C10H20N2O2. The molecule has 2 saturated heterocycles. The van der Waals surface area contributed by atoms with Crippen molar-refractivity contribution in [1.82, 2.24) is 10.4 Å². The van der Waals surface area contributed by atoms with Crippen LogP contribution >= 0.6 is 0 Å². The summed E-state index contributed by atoms with van der Waals surface area (Å²) < 4.78 is 10.9. The zero-order chi connectivity index (χ0) is 9.64. The molecule has 0 aromatic carbocycles. The molecule has 0 aromatic heterocycles. The van der Waals surface area contributed by atoms with Crippen LogP contribution in [0.4, 0.5) is 0 Å². The Morgan fingerprint density at radius 1 is 1.14 bits per heavy atom. The van der Waals surface area contributed by atoms with Crippen molar-refractivity contribution < 1.29 is 9.47 Å². The quantitative estimate of drug-likeness (QED) is 0.714. The fraction of sp³-hybridized carbons (Fsp3) is 1.00. The number of hydrogen-bond donors (Lipinski definition) is 1. The van der Waals surface area contributed by atoms with Crippen molar-refractivity contribution in [2.24, 2.45) is 0 Å². The van der Waals surface area contributed by atoms with E-state index in [4.69, 9.17) is 9.47 Å². The summed E-state index contributed by atoms with van der Waals surface area (Å²) in [5.41, 5.74) is 3.42. The number of nitrogens with zero attached hydrogens (tertiary/aromatic N) is 1. The van der Waals surface area contributed by atoms with Crippen LogP contribution in [0.2, 0.25) is 0 Å². The van der Waals surface area contributed by atoms with Crippen LogP contribution in [0, 0.1) is 0 Å². The van der Waals surface area contributed by atoms with E-state index in [0.29, 0.717) is 6.10 Å². The molecular weight excluding hydrogens is 180 g/mol. The van der Waals surface area contributed by atoms with Gasteiger partial charge in [-0.3, -0.25) is 5.43 Å². The highest BCUT2D eigenvalue weighted by Gasteiger charge is 2.16. The molecule has 0 saturated carbocycles. The van der Waals surface area contributed by atoms with Crippen LogP contribution in [0.1, 0.15) is 19.3 Å². The van der Waals surface area contributed by atoms with Crippen LogP contribution in [0.15, 0.2) is 0 Å². The lowest BCUT2D eigenvalue weighted by molar-refractivity contribution is -0.0221. The Kier molecular flexibility index (Phi) is 4.19. The summed E-state index contributed by atoms with van der Waals surface area (Å²) >= 11 is 0. The Bertz CT molecular complexity index is 136. The van der Waals surface area contributed by atoms with E-state index in [9.17, 15) is 0 Å². The second-order valence-electron chi connectivity index (χ2n) is 3.95. The first-order valence-corrected chi connectivity index (χ1v) is 5.63. The third-order valence-electron chi connectivity index (χ3n) is 2.83. The molecule has 14 heavy (non-hydrogen) atoms. The summed E-state index contributed by atoms with van der Waals surface area (Å²) in [6.45, 7) is 5.58. The standard InChI is InChI=1S/C10H20N2O2/c1-2-6-14-10(3-1)9-11-12-4-7-13-8-5-12/h10-11H,1-9H2. The van der Waals surface area contributed by atoms with Crippen LogP contribution in [0.5, 0.6) is 0 Å². The zero-order valence-corrected chi connectivity index (χ0v) is 8.71. The maximum atomic E-state index is 5.65. The molecule has 1 unspecified atom stereocenters. The predicted molar refractivity (Wildman–Crippen MR) is 54.0 cm³/mol. The van der Waals surface area contributed by atoms with Crippen LogP contribution in [-0.2, 0) is 9.47 Å². The lowest BCUT2D eigenvalue weighted by atomic mass is 10.1. The van der Waals surface area contributed by atoms with Gasteiger partial charge in [-0.15, -0.1) is 0 Å². The van der Waals surface area contributed by atoms with E-state index in [2.05, 4.69) is 10.4 Å². The molecule has 2 heterocycles. The highest BCUT2D eigenvalue weighted by Crippen LogP contribution is 2.11. The first-order chi connectivity index (χ1) is 6.95. The van der Waals surface area contributed by atoms with Gasteiger partial charge < -0.3 is 9.47 Å². The lowest BCUT2D eigenvalue weighted by Gasteiger charge is -2.30. The van der Waals surface area contributed by atoms with E-state index in [1.807, 2.05) is 0 Å². The van der Waals surface area contributed by atoms with E-state index in [-0.39, 0.29) is 0 Å². The normalized spacial score (nSPS) is 30.4. The van der Waals surface area contributed by atoms with E-state index in [1.54, 1.807) is 0 Å². The SMILES string of the molecule is C1CCC(CNN2CCOCC2)OC1. The summed E-state index contributed by atoms with van der Waals surface area (Å²) in [6.07, 6.45) is 4.17. The molecule has 0 radical (unpaired) electrons. The maximum Gasteiger partial charge on any atom is 0.0713 e. The van der Waals surface area contributed by atoms with Gasteiger partial charge in [0.1, 0.15) is 0 Å². The van der Waals surface area contributed by atoms with E-state index < -0.39 is 0 Å². The van der Waals surface area contributed by atoms with Crippen molar-refractivity contribution in [3.63, 3.8) is 0 Å². The highest BCUT2D eigenvalue weighted by atomic mass is 16.5. The van der Waals surface area contributed by atoms with Gasteiger partial charge in [0.2, 0.25) is 0 Å². The Balaban J connectivity index is 1.60. The number of morpholine rings is 1. The molecule has 0 aromatic rings. The van der Waals surface area contributed by atoms with Gasteiger partial charge in [0.15, 0.2) is 0 Å². The smallest absolute Gasteiger partial charge is 0.0713 e. The Morgan fingerprint density at radius 2 is 2.00 bits per heavy atom. The van der Waals surface area contributed by atoms with Gasteiger partial charge in [0, 0.05) is 26.2 Å². The number of hydrogen-bond acceptors (Lipinski definition) is 4. The second-order valence-corrected chi connectivity index (χ2v) is 3.95. The topological polar surface area (TPSA) is 33.7 Å². The van der Waals surface area contributed by atoms with Crippen LogP contribution in [0.3, 0.4) is 0 Å². The molecule has 2 rings (SSSR count). The van der Waals surface area contributed by atoms with Crippen molar-refractivity contribution in [3.8, 4) is 0 Å². The second kappa shape index (κ2) is 5.66. The molecule has 0 amide bonds. The van der Waals surface area contributed by atoms with E-state index in [0.717, 1.165) is 39.5 Å². The van der Waals surface area contributed by atoms with Crippen molar-refractivity contribution in [1.29, 1.82) is 0 Å². The Hall–Kier alpha value is -0.160. The van der Waals surface area contributed by atoms with Gasteiger partial charge >= 0.3 is 0 Å². The minimum absolute atomic E-state index is 0.423. The van der Waals surface area contributed by atoms with E-state index >= 15 is 0 Å². The highest BCUT2D eigenvalue weighted by molar-refractivity contribution is 4.66. The lowest BCUT2D eigenvalue weighted by Crippen LogP contribution is -2.48. The first kappa shape index (κ1) is 10.4. The van der Waals surface area contributed by atoms with E-state index in [1.165, 1.54) is 19.3 Å². The maximum absolute atomic E-state index is 5.65. The summed E-state index contributed by atoms with van der Waals surface area (Å²) in [6, 6.07) is 0. The van der Waals surface area contributed by atoms with Crippen LogP contribution in [-0.4, -0.2) is 50.6 Å². The largest absolute Gasteiger partial charge is 0.379 e. The molecule has 0 bridgehead atoms. The van der Waals surface area contributed by atoms with Gasteiger partial charge in [-0.2, -0.15) is 0 Å². The molecule has 82 valence electrons. The van der Waals surface area contributed by atoms with Crippen LogP contribution in [0.25, 0.3) is 0 Å². The molecule has 0 spiro atoms. The Morgan fingerprint density at radius 3 is 2.71 bits per heavy atom. The third-order valence-corrected chi connectivity index (χ3v) is 2.83. The first-order valence-electron chi connectivity index (χ1n) is 5.63. The van der Waals surface area contributed by atoms with Crippen molar-refractivity contribution in [3.05, 3.63) is 0 Å². The van der Waals surface area contributed by atoms with Crippen molar-refractivity contribution >= 4 is 0 Å². The minimum Gasteiger partial charge on any atom is -0.379 e. The molecule has 4 nitrogen and oxygen atoms in total. The number of hydrazine groups is 1. The Labute approximate surface area is 85.5 Å². The molecule has 1 N–H and O–H groups in total. The summed E-state index contributed by atoms with van der Waals surface area (Å²) in [5.74, 6) is 0. The summed E-state index contributed by atoms with van der Waals surface area (Å²) in [4.78, 5) is 0. The molecule has 2 fully saturated rings. The number of nitrogens with one attached hydrogen (secondary N) is 1. The van der Waals surface area contributed by atoms with Gasteiger partial charge in [-0.25, -0.2) is 5.01 Å². The molecule has 1 atom stereocenters. The predicted octanol–water partition coefficient (Wildman–Crippen LogP) is 0.392. The van der Waals surface area contributed by atoms with Crippen molar-refractivity contribution in [2.75, 3.05) is 39.5 Å². The fourth-order valence-corrected chi connectivity index (χ4v) is 1.92. The summed E-state index contributed by atoms with van der Waals surface area (Å²) in [5, 5.41) is 2.24. The number of rotatable bonds is 3. The minimum atomic E-state index is 0.423. The van der Waals surface area contributed by atoms with Crippen LogP contribution < -0.4 is 5.43 Å². The van der Waals surface area contributed by atoms with Gasteiger partial charge in [0.25, 0.3) is 0 Å². The average molecular weight is 200 g/mol. The van der Waals surface area contributed by atoms with Gasteiger partial charge in [0.05, 0.1) is 19.3 Å². The molecule has 2 aliphatic rings. The number of ether oxygens (including phenoxy) is 2. The monoisotopic (exact) mass is 200 g/mol. The summed E-state index contributed by atoms with van der Waals surface area (Å²) in [7, 11) is 0. The molecule has 0 aliphatic carbocycles. The third kappa shape index (κ3) is 3.20. The van der Waals surface area contributed by atoms with Gasteiger partial charge in [-0.1, -0.05) is 0 Å². The molecule has 4 heteroatoms. The average Bonchev–Trinajstić information content (AvgIpc) is 2.29.